The maximum Gasteiger partial charge on any atom is 0.316 e. The lowest BCUT2D eigenvalue weighted by Gasteiger charge is -2.08. The van der Waals surface area contributed by atoms with E-state index < -0.39 is 11.9 Å². The van der Waals surface area contributed by atoms with Crippen molar-refractivity contribution in [3.63, 3.8) is 0 Å². The lowest BCUT2D eigenvalue weighted by atomic mass is 10.00. The molecule has 0 radical (unpaired) electrons. The molecule has 0 aromatic carbocycles. The first kappa shape index (κ1) is 10.8. The van der Waals surface area contributed by atoms with Crippen LogP contribution in [0.25, 0.3) is 0 Å². The molecule has 4 heteroatoms. The molecular weight excluding hydrogens is 160 g/mol. The third kappa shape index (κ3) is 3.27. The van der Waals surface area contributed by atoms with Gasteiger partial charge in [-0.2, -0.15) is 0 Å². The summed E-state index contributed by atoms with van der Waals surface area (Å²) in [4.78, 5) is 31.7. The van der Waals surface area contributed by atoms with Crippen LogP contribution in [0.1, 0.15) is 19.8 Å². The minimum absolute atomic E-state index is 0.208. The average molecular weight is 172 g/mol. The molecule has 1 unspecified atom stereocenters. The van der Waals surface area contributed by atoms with Crippen LogP contribution in [-0.4, -0.2) is 25.1 Å². The Kier molecular flexibility index (Phi) is 4.92. The van der Waals surface area contributed by atoms with Gasteiger partial charge in [-0.05, 0) is 13.3 Å². The quantitative estimate of drug-likeness (QED) is 0.341. The van der Waals surface area contributed by atoms with Gasteiger partial charge in [-0.1, -0.05) is 0 Å². The number of ketones is 1. The molecule has 0 aliphatic carbocycles. The second-order valence-corrected chi connectivity index (χ2v) is 2.43. The first-order chi connectivity index (χ1) is 5.63. The maximum atomic E-state index is 10.9. The largest absolute Gasteiger partial charge is 0.468 e. The molecule has 0 aliphatic rings. The Bertz CT molecular complexity index is 185. The average Bonchev–Trinajstić information content (AvgIpc) is 2.04. The van der Waals surface area contributed by atoms with Crippen LogP contribution in [0.2, 0.25) is 0 Å². The van der Waals surface area contributed by atoms with Gasteiger partial charge in [0.15, 0.2) is 0 Å². The standard InChI is InChI=1S/C8H12O4/c1-6(10)7(4-3-5-9)8(11)12-2/h5,7H,3-4H2,1-2H3. The van der Waals surface area contributed by atoms with E-state index in [1.165, 1.54) is 14.0 Å². The van der Waals surface area contributed by atoms with Gasteiger partial charge in [0.1, 0.15) is 18.0 Å². The number of rotatable bonds is 5. The summed E-state index contributed by atoms with van der Waals surface area (Å²) < 4.78 is 4.40. The molecule has 0 aromatic rings. The van der Waals surface area contributed by atoms with Crippen molar-refractivity contribution in [3.8, 4) is 0 Å². The smallest absolute Gasteiger partial charge is 0.316 e. The molecule has 68 valence electrons. The summed E-state index contributed by atoms with van der Waals surface area (Å²) in [5.41, 5.74) is 0. The molecule has 0 rings (SSSR count). The third-order valence-electron chi connectivity index (χ3n) is 1.55. The molecule has 0 heterocycles. The number of carbonyl (C=O) groups is 3. The number of Topliss-reactive ketones (excluding diaryl/α,β-unsaturated/α-hetero) is 1. The van der Waals surface area contributed by atoms with Gasteiger partial charge in [0, 0.05) is 6.42 Å². The van der Waals surface area contributed by atoms with Gasteiger partial charge in [-0.25, -0.2) is 0 Å². The Morgan fingerprint density at radius 3 is 2.42 bits per heavy atom. The number of hydrogen-bond acceptors (Lipinski definition) is 4. The van der Waals surface area contributed by atoms with Crippen LogP contribution in [0.3, 0.4) is 0 Å². The minimum atomic E-state index is -0.778. The third-order valence-corrected chi connectivity index (χ3v) is 1.55. The summed E-state index contributed by atoms with van der Waals surface area (Å²) in [6.45, 7) is 1.31. The van der Waals surface area contributed by atoms with Crippen molar-refractivity contribution in [2.75, 3.05) is 7.11 Å². The zero-order chi connectivity index (χ0) is 9.56. The Labute approximate surface area is 70.9 Å². The van der Waals surface area contributed by atoms with Crippen LogP contribution in [0, 0.1) is 5.92 Å². The molecule has 0 N–H and O–H groups in total. The number of carbonyl (C=O) groups excluding carboxylic acids is 3. The summed E-state index contributed by atoms with van der Waals surface area (Å²) in [7, 11) is 1.22. The van der Waals surface area contributed by atoms with Crippen LogP contribution >= 0.6 is 0 Å². The van der Waals surface area contributed by atoms with E-state index in [0.29, 0.717) is 6.29 Å². The van der Waals surface area contributed by atoms with Crippen LogP contribution < -0.4 is 0 Å². The van der Waals surface area contributed by atoms with Crippen molar-refractivity contribution >= 4 is 18.0 Å². The van der Waals surface area contributed by atoms with E-state index in [4.69, 9.17) is 0 Å². The fraction of sp³-hybridized carbons (Fsp3) is 0.625. The van der Waals surface area contributed by atoms with Gasteiger partial charge in [0.25, 0.3) is 0 Å². The van der Waals surface area contributed by atoms with E-state index in [-0.39, 0.29) is 18.6 Å². The van der Waals surface area contributed by atoms with E-state index in [1.807, 2.05) is 0 Å². The van der Waals surface area contributed by atoms with Crippen LogP contribution in [0.15, 0.2) is 0 Å². The number of ether oxygens (including phenoxy) is 1. The van der Waals surface area contributed by atoms with E-state index in [1.54, 1.807) is 0 Å². The Morgan fingerprint density at radius 2 is 2.08 bits per heavy atom. The molecular formula is C8H12O4. The molecule has 0 bridgehead atoms. The highest BCUT2D eigenvalue weighted by Gasteiger charge is 2.22. The highest BCUT2D eigenvalue weighted by molar-refractivity contribution is 5.97. The monoisotopic (exact) mass is 172 g/mol. The second-order valence-electron chi connectivity index (χ2n) is 2.43. The van der Waals surface area contributed by atoms with Crippen molar-refractivity contribution < 1.29 is 19.1 Å². The number of hydrogen-bond donors (Lipinski definition) is 0. The summed E-state index contributed by atoms with van der Waals surface area (Å²) in [5, 5.41) is 0. The van der Waals surface area contributed by atoms with E-state index in [2.05, 4.69) is 4.74 Å². The summed E-state index contributed by atoms with van der Waals surface area (Å²) in [6, 6.07) is 0. The molecule has 0 spiro atoms. The van der Waals surface area contributed by atoms with Gasteiger partial charge in [-0.3, -0.25) is 9.59 Å². The van der Waals surface area contributed by atoms with Crippen molar-refractivity contribution in [1.82, 2.24) is 0 Å². The highest BCUT2D eigenvalue weighted by atomic mass is 16.5. The van der Waals surface area contributed by atoms with E-state index in [0.717, 1.165) is 0 Å². The Balaban J connectivity index is 4.12. The predicted octanol–water partition coefficient (Wildman–Crippen LogP) is 0.344. The molecule has 0 fully saturated rings. The molecule has 0 saturated heterocycles. The van der Waals surface area contributed by atoms with Gasteiger partial charge < -0.3 is 9.53 Å². The SMILES string of the molecule is COC(=O)C(CCC=O)C(C)=O. The van der Waals surface area contributed by atoms with Gasteiger partial charge >= 0.3 is 5.97 Å². The van der Waals surface area contributed by atoms with Crippen molar-refractivity contribution in [2.45, 2.75) is 19.8 Å². The minimum Gasteiger partial charge on any atom is -0.468 e. The Hall–Kier alpha value is -1.19. The van der Waals surface area contributed by atoms with Crippen LogP contribution in [-0.2, 0) is 19.1 Å². The predicted molar refractivity (Wildman–Crippen MR) is 41.5 cm³/mol. The molecule has 0 aromatic heterocycles. The molecule has 0 aliphatic heterocycles. The number of methoxy groups -OCH3 is 1. The first-order valence-corrected chi connectivity index (χ1v) is 3.65. The fourth-order valence-electron chi connectivity index (χ4n) is 0.864. The first-order valence-electron chi connectivity index (χ1n) is 3.65. The van der Waals surface area contributed by atoms with Crippen molar-refractivity contribution in [2.24, 2.45) is 5.92 Å². The lowest BCUT2D eigenvalue weighted by Crippen LogP contribution is -2.23. The number of esters is 1. The molecule has 12 heavy (non-hydrogen) atoms. The van der Waals surface area contributed by atoms with E-state index in [9.17, 15) is 14.4 Å². The highest BCUT2D eigenvalue weighted by Crippen LogP contribution is 2.08. The topological polar surface area (TPSA) is 60.4 Å². The number of aldehydes is 1. The fourth-order valence-corrected chi connectivity index (χ4v) is 0.864. The molecule has 1 atom stereocenters. The maximum absolute atomic E-state index is 10.9. The molecule has 4 nitrogen and oxygen atoms in total. The molecule has 0 amide bonds. The van der Waals surface area contributed by atoms with Gasteiger partial charge in [0.05, 0.1) is 7.11 Å². The normalized spacial score (nSPS) is 11.8. The van der Waals surface area contributed by atoms with Crippen LogP contribution in [0.5, 0.6) is 0 Å². The summed E-state index contributed by atoms with van der Waals surface area (Å²) in [5.74, 6) is -1.60. The zero-order valence-corrected chi connectivity index (χ0v) is 7.20. The summed E-state index contributed by atoms with van der Waals surface area (Å²) >= 11 is 0. The molecule has 0 saturated carbocycles. The lowest BCUT2D eigenvalue weighted by molar-refractivity contribution is -0.149. The van der Waals surface area contributed by atoms with Crippen LogP contribution in [0.4, 0.5) is 0 Å². The Morgan fingerprint density at radius 1 is 1.50 bits per heavy atom. The van der Waals surface area contributed by atoms with Gasteiger partial charge in [0.2, 0.25) is 0 Å². The van der Waals surface area contributed by atoms with Crippen molar-refractivity contribution in [3.05, 3.63) is 0 Å². The van der Waals surface area contributed by atoms with Gasteiger partial charge in [-0.15, -0.1) is 0 Å². The van der Waals surface area contributed by atoms with E-state index >= 15 is 0 Å². The summed E-state index contributed by atoms with van der Waals surface area (Å²) in [6.07, 6.45) is 1.13. The second kappa shape index (κ2) is 5.46. The zero-order valence-electron chi connectivity index (χ0n) is 7.20. The van der Waals surface area contributed by atoms with Crippen molar-refractivity contribution in [1.29, 1.82) is 0 Å².